The van der Waals surface area contributed by atoms with Crippen LogP contribution in [-0.2, 0) is 6.54 Å². The van der Waals surface area contributed by atoms with Gasteiger partial charge in [-0.25, -0.2) is 0 Å². The summed E-state index contributed by atoms with van der Waals surface area (Å²) in [7, 11) is 0. The smallest absolute Gasteiger partial charge is 0.277 e. The summed E-state index contributed by atoms with van der Waals surface area (Å²) in [6.07, 6.45) is 3.29. The minimum Gasteiger partial charge on any atom is -0.490 e. The van der Waals surface area contributed by atoms with Crippen molar-refractivity contribution in [2.24, 2.45) is 0 Å². The molecule has 0 spiro atoms. The van der Waals surface area contributed by atoms with Gasteiger partial charge in [-0.15, -0.1) is 0 Å². The number of benzene rings is 2. The fourth-order valence-corrected chi connectivity index (χ4v) is 3.79. The molecule has 0 saturated heterocycles. The predicted octanol–water partition coefficient (Wildman–Crippen LogP) is 5.94. The number of hydrogen-bond acceptors (Lipinski definition) is 6. The van der Waals surface area contributed by atoms with Crippen molar-refractivity contribution in [3.63, 3.8) is 0 Å². The minimum atomic E-state index is -0.431. The van der Waals surface area contributed by atoms with Crippen molar-refractivity contribution in [1.82, 2.24) is 14.9 Å². The van der Waals surface area contributed by atoms with Gasteiger partial charge in [0, 0.05) is 22.8 Å². The van der Waals surface area contributed by atoms with E-state index in [0.29, 0.717) is 58.3 Å². The van der Waals surface area contributed by atoms with Gasteiger partial charge in [0.15, 0.2) is 23.0 Å². The zero-order valence-electron chi connectivity index (χ0n) is 18.5. The first-order valence-electron chi connectivity index (χ1n) is 10.6. The van der Waals surface area contributed by atoms with Gasteiger partial charge in [-0.3, -0.25) is 9.48 Å². The summed E-state index contributed by atoms with van der Waals surface area (Å²) in [5, 5.41) is 11.8. The Hall–Kier alpha value is -3.49. The highest BCUT2D eigenvalue weighted by atomic mass is 35.5. The van der Waals surface area contributed by atoms with Gasteiger partial charge in [0.1, 0.15) is 0 Å². The van der Waals surface area contributed by atoms with Crippen LogP contribution in [0.25, 0.3) is 11.3 Å². The average Bonchev–Trinajstić information content (AvgIpc) is 3.46. The number of halogens is 2. The van der Waals surface area contributed by atoms with Crippen LogP contribution < -0.4 is 14.8 Å². The van der Waals surface area contributed by atoms with Crippen LogP contribution in [0.15, 0.2) is 59.4 Å². The largest absolute Gasteiger partial charge is 0.490 e. The van der Waals surface area contributed by atoms with Gasteiger partial charge in [0.2, 0.25) is 0 Å². The minimum absolute atomic E-state index is 0.113. The van der Waals surface area contributed by atoms with E-state index < -0.39 is 5.91 Å². The average molecular weight is 501 g/mol. The second-order valence-electron chi connectivity index (χ2n) is 7.23. The van der Waals surface area contributed by atoms with Gasteiger partial charge in [-0.2, -0.15) is 5.10 Å². The molecule has 1 amide bonds. The quantitative estimate of drug-likeness (QED) is 0.305. The second kappa shape index (κ2) is 10.6. The van der Waals surface area contributed by atoms with Crippen molar-refractivity contribution >= 4 is 34.8 Å². The van der Waals surface area contributed by atoms with Crippen LogP contribution in [0.5, 0.6) is 11.5 Å². The second-order valence-corrected chi connectivity index (χ2v) is 8.07. The molecule has 0 unspecified atom stereocenters. The molecule has 0 atom stereocenters. The molecule has 1 N–H and O–H groups in total. The van der Waals surface area contributed by atoms with E-state index in [2.05, 4.69) is 15.6 Å². The molecule has 10 heteroatoms. The maximum Gasteiger partial charge on any atom is 0.277 e. The van der Waals surface area contributed by atoms with E-state index in [-0.39, 0.29) is 5.69 Å². The molecular formula is C24H22Cl2N4O4. The SMILES string of the molecule is CCOc1ccc(Cn2cc(NC(=O)c3cc(-c4ccc(Cl)cc4Cl)on3)cn2)cc1OCC. The summed E-state index contributed by atoms with van der Waals surface area (Å²) in [5.41, 5.74) is 2.21. The number of carbonyl (C=O) groups is 1. The molecular weight excluding hydrogens is 479 g/mol. The first kappa shape index (κ1) is 23.7. The van der Waals surface area contributed by atoms with Gasteiger partial charge in [0.25, 0.3) is 5.91 Å². The van der Waals surface area contributed by atoms with E-state index in [1.807, 2.05) is 32.0 Å². The van der Waals surface area contributed by atoms with Crippen LogP contribution in [0.1, 0.15) is 29.9 Å². The molecule has 8 nitrogen and oxygen atoms in total. The molecule has 0 saturated carbocycles. The maximum atomic E-state index is 12.6. The van der Waals surface area contributed by atoms with E-state index in [1.54, 1.807) is 35.3 Å². The number of ether oxygens (including phenoxy) is 2. The fraction of sp³-hybridized carbons (Fsp3) is 0.208. The van der Waals surface area contributed by atoms with E-state index in [4.69, 9.17) is 37.2 Å². The molecule has 0 aliphatic carbocycles. The number of rotatable bonds is 9. The van der Waals surface area contributed by atoms with E-state index in [9.17, 15) is 4.79 Å². The van der Waals surface area contributed by atoms with Crippen LogP contribution >= 0.6 is 23.2 Å². The molecule has 176 valence electrons. The van der Waals surface area contributed by atoms with Gasteiger partial charge < -0.3 is 19.3 Å². The number of nitrogens with zero attached hydrogens (tertiary/aromatic N) is 3. The summed E-state index contributed by atoms with van der Waals surface area (Å²) in [4.78, 5) is 12.6. The summed E-state index contributed by atoms with van der Waals surface area (Å²) in [5.74, 6) is 1.32. The molecule has 0 aliphatic rings. The van der Waals surface area contributed by atoms with E-state index >= 15 is 0 Å². The van der Waals surface area contributed by atoms with Crippen molar-refractivity contribution in [3.05, 3.63) is 76.2 Å². The van der Waals surface area contributed by atoms with Crippen molar-refractivity contribution in [2.45, 2.75) is 20.4 Å². The Kier molecular flexibility index (Phi) is 7.40. The van der Waals surface area contributed by atoms with Crippen LogP contribution in [0.2, 0.25) is 10.0 Å². The number of carbonyl (C=O) groups excluding carboxylic acids is 1. The number of hydrogen-bond donors (Lipinski definition) is 1. The number of aromatic nitrogens is 3. The zero-order chi connectivity index (χ0) is 24.1. The first-order chi connectivity index (χ1) is 16.5. The maximum absolute atomic E-state index is 12.6. The third-order valence-corrected chi connectivity index (χ3v) is 5.33. The highest BCUT2D eigenvalue weighted by molar-refractivity contribution is 6.36. The van der Waals surface area contributed by atoms with Crippen molar-refractivity contribution in [2.75, 3.05) is 18.5 Å². The lowest BCUT2D eigenvalue weighted by molar-refractivity contribution is 0.101. The number of amides is 1. The molecule has 34 heavy (non-hydrogen) atoms. The molecule has 2 heterocycles. The van der Waals surface area contributed by atoms with Gasteiger partial charge in [-0.1, -0.05) is 34.4 Å². The Bertz CT molecular complexity index is 1300. The van der Waals surface area contributed by atoms with Crippen LogP contribution in [-0.4, -0.2) is 34.1 Å². The third-order valence-electron chi connectivity index (χ3n) is 4.78. The highest BCUT2D eigenvalue weighted by Crippen LogP contribution is 2.31. The lowest BCUT2D eigenvalue weighted by Crippen LogP contribution is -2.11. The lowest BCUT2D eigenvalue weighted by atomic mass is 10.1. The van der Waals surface area contributed by atoms with Gasteiger partial charge >= 0.3 is 0 Å². The van der Waals surface area contributed by atoms with E-state index in [1.165, 1.54) is 6.07 Å². The number of nitrogens with one attached hydrogen (secondary N) is 1. The summed E-state index contributed by atoms with van der Waals surface area (Å²) >= 11 is 12.1. The lowest BCUT2D eigenvalue weighted by Gasteiger charge is -2.12. The third kappa shape index (κ3) is 5.52. The Morgan fingerprint density at radius 3 is 2.62 bits per heavy atom. The Labute approximate surface area is 206 Å². The van der Waals surface area contributed by atoms with Crippen molar-refractivity contribution < 1.29 is 18.8 Å². The van der Waals surface area contributed by atoms with Crippen LogP contribution in [0, 0.1) is 0 Å². The molecule has 2 aromatic heterocycles. The molecule has 4 aromatic rings. The topological polar surface area (TPSA) is 91.4 Å². The summed E-state index contributed by atoms with van der Waals surface area (Å²) in [6, 6.07) is 12.3. The molecule has 0 radical (unpaired) electrons. The fourth-order valence-electron chi connectivity index (χ4n) is 3.29. The Morgan fingerprint density at radius 1 is 1.06 bits per heavy atom. The van der Waals surface area contributed by atoms with Gasteiger partial charge in [-0.05, 0) is 49.7 Å². The first-order valence-corrected chi connectivity index (χ1v) is 11.4. The van der Waals surface area contributed by atoms with Crippen LogP contribution in [0.4, 0.5) is 5.69 Å². The monoisotopic (exact) mass is 500 g/mol. The van der Waals surface area contributed by atoms with Crippen molar-refractivity contribution in [3.8, 4) is 22.8 Å². The molecule has 2 aromatic carbocycles. The molecule has 0 aliphatic heterocycles. The predicted molar refractivity (Wildman–Crippen MR) is 130 cm³/mol. The standard InChI is InChI=1S/C24H22Cl2N4O4/c1-3-32-21-8-5-15(9-23(21)33-4-2)13-30-14-17(12-27-30)28-24(31)20-11-22(34-29-20)18-7-6-16(25)10-19(18)26/h5-12,14H,3-4,13H2,1-2H3,(H,28,31). The van der Waals surface area contributed by atoms with Crippen LogP contribution in [0.3, 0.4) is 0 Å². The molecule has 0 fully saturated rings. The van der Waals surface area contributed by atoms with Crippen molar-refractivity contribution in [1.29, 1.82) is 0 Å². The molecule has 4 rings (SSSR count). The van der Waals surface area contributed by atoms with E-state index in [0.717, 1.165) is 5.56 Å². The molecule has 0 bridgehead atoms. The normalized spacial score (nSPS) is 10.8. The summed E-state index contributed by atoms with van der Waals surface area (Å²) < 4.78 is 18.3. The zero-order valence-corrected chi connectivity index (χ0v) is 20.1. The summed E-state index contributed by atoms with van der Waals surface area (Å²) in [6.45, 7) is 5.44. The Morgan fingerprint density at radius 2 is 1.85 bits per heavy atom. The number of anilines is 1. The highest BCUT2D eigenvalue weighted by Gasteiger charge is 2.17. The Balaban J connectivity index is 1.43. The van der Waals surface area contributed by atoms with Gasteiger partial charge in [0.05, 0.1) is 36.7 Å².